The van der Waals surface area contributed by atoms with Crippen molar-refractivity contribution in [3.63, 3.8) is 0 Å². The van der Waals surface area contributed by atoms with Gasteiger partial charge in [0.1, 0.15) is 5.82 Å². The number of aryl methyl sites for hydroxylation is 1. The van der Waals surface area contributed by atoms with Crippen molar-refractivity contribution >= 4 is 28.3 Å². The molecule has 0 unspecified atom stereocenters. The zero-order valence-corrected chi connectivity index (χ0v) is 17.1. The van der Waals surface area contributed by atoms with Crippen molar-refractivity contribution < 1.29 is 4.79 Å². The Kier molecular flexibility index (Phi) is 4.47. The monoisotopic (exact) mass is 386 g/mol. The predicted molar refractivity (Wildman–Crippen MR) is 117 cm³/mol. The van der Waals surface area contributed by atoms with Gasteiger partial charge in [0.25, 0.3) is 5.91 Å². The zero-order chi connectivity index (χ0) is 20.0. The lowest BCUT2D eigenvalue weighted by molar-refractivity contribution is 0.0664. The van der Waals surface area contributed by atoms with Gasteiger partial charge >= 0.3 is 0 Å². The zero-order valence-electron chi connectivity index (χ0n) is 17.1. The first-order valence-corrected chi connectivity index (χ1v) is 10.3. The van der Waals surface area contributed by atoms with Crippen LogP contribution in [0.4, 0.5) is 11.5 Å². The van der Waals surface area contributed by atoms with Crippen LogP contribution in [0, 0.1) is 6.92 Å². The third-order valence-corrected chi connectivity index (χ3v) is 6.11. The van der Waals surface area contributed by atoms with Gasteiger partial charge in [0.05, 0.1) is 5.52 Å². The average Bonchev–Trinajstić information content (AvgIpc) is 3.15. The number of nitrogens with zero attached hydrogens (tertiary/aromatic N) is 4. The molecule has 1 amide bonds. The van der Waals surface area contributed by atoms with Crippen molar-refractivity contribution in [2.75, 3.05) is 44.7 Å². The summed E-state index contributed by atoms with van der Waals surface area (Å²) in [6, 6.07) is 16.7. The molecule has 5 rings (SSSR count). The van der Waals surface area contributed by atoms with E-state index >= 15 is 0 Å². The minimum atomic E-state index is 0.131. The van der Waals surface area contributed by atoms with Crippen LogP contribution in [0.1, 0.15) is 21.5 Å². The molecule has 1 fully saturated rings. The van der Waals surface area contributed by atoms with Gasteiger partial charge in [-0.1, -0.05) is 12.1 Å². The van der Waals surface area contributed by atoms with Gasteiger partial charge in [0.2, 0.25) is 0 Å². The van der Waals surface area contributed by atoms with Gasteiger partial charge in [-0.2, -0.15) is 0 Å². The van der Waals surface area contributed by atoms with Gasteiger partial charge in [-0.15, -0.1) is 0 Å². The van der Waals surface area contributed by atoms with E-state index in [0.717, 1.165) is 61.7 Å². The van der Waals surface area contributed by atoms with E-state index in [1.165, 1.54) is 16.5 Å². The van der Waals surface area contributed by atoms with Crippen LogP contribution >= 0.6 is 0 Å². The van der Waals surface area contributed by atoms with E-state index in [1.807, 2.05) is 17.0 Å². The number of pyridine rings is 1. The Hall–Kier alpha value is -2.92. The van der Waals surface area contributed by atoms with E-state index < -0.39 is 0 Å². The Labute approximate surface area is 171 Å². The molecule has 0 atom stereocenters. The minimum Gasteiger partial charge on any atom is -0.336 e. The van der Waals surface area contributed by atoms with Gasteiger partial charge in [-0.05, 0) is 67.9 Å². The number of benzene rings is 2. The van der Waals surface area contributed by atoms with Crippen molar-refractivity contribution in [2.45, 2.75) is 13.3 Å². The SMILES string of the molecule is Cc1ccc2cc3c(nc2c1)N(c1ccc(C(=O)N2CCN(C)CC2)cc1)CC3. The first-order valence-electron chi connectivity index (χ1n) is 10.3. The van der Waals surface area contributed by atoms with Crippen LogP contribution < -0.4 is 4.90 Å². The molecule has 0 N–H and O–H groups in total. The number of hydrogen-bond donors (Lipinski definition) is 0. The molecule has 3 aromatic rings. The predicted octanol–water partition coefficient (Wildman–Crippen LogP) is 3.63. The van der Waals surface area contributed by atoms with Gasteiger partial charge in [-0.3, -0.25) is 4.79 Å². The molecule has 2 aliphatic heterocycles. The fourth-order valence-electron chi connectivity index (χ4n) is 4.29. The highest BCUT2D eigenvalue weighted by Crippen LogP contribution is 2.35. The second kappa shape index (κ2) is 7.16. The number of carbonyl (C=O) groups is 1. The summed E-state index contributed by atoms with van der Waals surface area (Å²) >= 11 is 0. The molecule has 0 spiro atoms. The summed E-state index contributed by atoms with van der Waals surface area (Å²) in [5.41, 5.74) is 5.41. The fraction of sp³-hybridized carbons (Fsp3) is 0.333. The van der Waals surface area contributed by atoms with Crippen molar-refractivity contribution in [1.29, 1.82) is 0 Å². The Bertz CT molecular complexity index is 1070. The molecule has 0 saturated carbocycles. The molecule has 0 aliphatic carbocycles. The highest BCUT2D eigenvalue weighted by molar-refractivity contribution is 5.95. The maximum absolute atomic E-state index is 12.8. The van der Waals surface area contributed by atoms with Crippen LogP contribution in [0.5, 0.6) is 0 Å². The molecule has 2 aliphatic rings. The normalized spacial score (nSPS) is 17.0. The van der Waals surface area contributed by atoms with E-state index in [9.17, 15) is 4.79 Å². The molecule has 1 saturated heterocycles. The van der Waals surface area contributed by atoms with Gasteiger partial charge in [0, 0.05) is 49.4 Å². The van der Waals surface area contributed by atoms with Crippen LogP contribution in [0.15, 0.2) is 48.5 Å². The number of fused-ring (bicyclic) bond motifs is 2. The van der Waals surface area contributed by atoms with Crippen LogP contribution in [-0.2, 0) is 6.42 Å². The van der Waals surface area contributed by atoms with Gasteiger partial charge < -0.3 is 14.7 Å². The van der Waals surface area contributed by atoms with Crippen LogP contribution in [0.25, 0.3) is 10.9 Å². The minimum absolute atomic E-state index is 0.131. The second-order valence-electron chi connectivity index (χ2n) is 8.21. The number of likely N-dealkylation sites (N-methyl/N-ethyl adjacent to an activating group) is 1. The van der Waals surface area contributed by atoms with E-state index in [1.54, 1.807) is 0 Å². The van der Waals surface area contributed by atoms with E-state index in [0.29, 0.717) is 0 Å². The lowest BCUT2D eigenvalue weighted by Crippen LogP contribution is -2.47. The second-order valence-corrected chi connectivity index (χ2v) is 8.21. The van der Waals surface area contributed by atoms with E-state index in [2.05, 4.69) is 60.2 Å². The van der Waals surface area contributed by atoms with E-state index in [-0.39, 0.29) is 5.91 Å². The van der Waals surface area contributed by atoms with Crippen LogP contribution in [-0.4, -0.2) is 60.5 Å². The summed E-state index contributed by atoms with van der Waals surface area (Å²) in [5, 5.41) is 1.20. The summed E-state index contributed by atoms with van der Waals surface area (Å²) in [7, 11) is 2.10. The van der Waals surface area contributed by atoms with E-state index in [4.69, 9.17) is 4.98 Å². The topological polar surface area (TPSA) is 39.7 Å². The Morgan fingerprint density at radius 3 is 2.45 bits per heavy atom. The van der Waals surface area contributed by atoms with Crippen molar-refractivity contribution in [1.82, 2.24) is 14.8 Å². The Morgan fingerprint density at radius 1 is 0.931 bits per heavy atom. The van der Waals surface area contributed by atoms with Crippen molar-refractivity contribution in [3.8, 4) is 0 Å². The largest absolute Gasteiger partial charge is 0.336 e. The van der Waals surface area contributed by atoms with Gasteiger partial charge in [0.15, 0.2) is 0 Å². The Morgan fingerprint density at radius 2 is 1.69 bits per heavy atom. The highest BCUT2D eigenvalue weighted by Gasteiger charge is 2.24. The molecule has 3 heterocycles. The quantitative estimate of drug-likeness (QED) is 0.674. The number of carbonyl (C=O) groups excluding carboxylic acids is 1. The number of aromatic nitrogens is 1. The number of rotatable bonds is 2. The highest BCUT2D eigenvalue weighted by atomic mass is 16.2. The smallest absolute Gasteiger partial charge is 0.253 e. The first-order chi connectivity index (χ1) is 14.1. The molecule has 148 valence electrons. The molecule has 2 aromatic carbocycles. The molecule has 29 heavy (non-hydrogen) atoms. The van der Waals surface area contributed by atoms with Crippen LogP contribution in [0.3, 0.4) is 0 Å². The molecule has 5 nitrogen and oxygen atoms in total. The lowest BCUT2D eigenvalue weighted by atomic mass is 10.1. The third kappa shape index (κ3) is 3.36. The molecule has 0 radical (unpaired) electrons. The molecule has 0 bridgehead atoms. The Balaban J connectivity index is 1.39. The summed E-state index contributed by atoms with van der Waals surface area (Å²) in [6.07, 6.45) is 0.994. The summed E-state index contributed by atoms with van der Waals surface area (Å²) in [6.45, 7) is 6.49. The molecule has 5 heteroatoms. The number of hydrogen-bond acceptors (Lipinski definition) is 4. The summed E-state index contributed by atoms with van der Waals surface area (Å²) in [4.78, 5) is 24.2. The maximum atomic E-state index is 12.8. The molecular weight excluding hydrogens is 360 g/mol. The molecule has 1 aromatic heterocycles. The number of anilines is 2. The van der Waals surface area contributed by atoms with Crippen molar-refractivity contribution in [2.24, 2.45) is 0 Å². The standard InChI is InChI=1S/C24H26N4O/c1-17-3-4-19-16-20-9-10-28(23(20)25-22(19)15-17)21-7-5-18(6-8-21)24(29)27-13-11-26(2)12-14-27/h3-8,15-16H,9-14H2,1-2H3. The fourth-order valence-corrected chi connectivity index (χ4v) is 4.29. The number of piperazine rings is 1. The first kappa shape index (κ1) is 18.1. The maximum Gasteiger partial charge on any atom is 0.253 e. The summed E-state index contributed by atoms with van der Waals surface area (Å²) < 4.78 is 0. The summed E-state index contributed by atoms with van der Waals surface area (Å²) in [5.74, 6) is 1.17. The van der Waals surface area contributed by atoms with Gasteiger partial charge in [-0.25, -0.2) is 4.98 Å². The molecular formula is C24H26N4O. The lowest BCUT2D eigenvalue weighted by Gasteiger charge is -2.32. The number of amides is 1. The third-order valence-electron chi connectivity index (χ3n) is 6.11. The van der Waals surface area contributed by atoms with Crippen LogP contribution in [0.2, 0.25) is 0 Å². The van der Waals surface area contributed by atoms with Crippen molar-refractivity contribution in [3.05, 3.63) is 65.2 Å². The average molecular weight is 386 g/mol.